The molecule has 192 valence electrons. The zero-order chi connectivity index (χ0) is 25.4. The summed E-state index contributed by atoms with van der Waals surface area (Å²) in [7, 11) is 0. The van der Waals surface area contributed by atoms with Crippen molar-refractivity contribution in [3.05, 3.63) is 47.4 Å². The van der Waals surface area contributed by atoms with E-state index < -0.39 is 0 Å². The summed E-state index contributed by atoms with van der Waals surface area (Å²) in [5, 5.41) is 16.0. The van der Waals surface area contributed by atoms with Gasteiger partial charge < -0.3 is 15.4 Å². The minimum Gasteiger partial charge on any atom is -0.379 e. The zero-order valence-electron chi connectivity index (χ0n) is 21.8. The molecule has 2 atom stereocenters. The Kier molecular flexibility index (Phi) is 6.57. The summed E-state index contributed by atoms with van der Waals surface area (Å²) in [6.45, 7) is 14.3. The lowest BCUT2D eigenvalue weighted by atomic mass is 9.91. The lowest BCUT2D eigenvalue weighted by molar-refractivity contribution is -0.114. The third kappa shape index (κ3) is 5.15. The van der Waals surface area contributed by atoms with Crippen LogP contribution in [0.3, 0.4) is 0 Å². The monoisotopic (exact) mass is 492 g/mol. The van der Waals surface area contributed by atoms with Gasteiger partial charge in [-0.3, -0.25) is 19.1 Å². The highest BCUT2D eigenvalue weighted by Crippen LogP contribution is 2.33. The molecule has 0 radical (unpaired) electrons. The Hall–Kier alpha value is -3.24. The third-order valence-corrected chi connectivity index (χ3v) is 6.91. The van der Waals surface area contributed by atoms with E-state index in [0.717, 1.165) is 49.9 Å². The van der Waals surface area contributed by atoms with Gasteiger partial charge in [-0.1, -0.05) is 20.8 Å². The van der Waals surface area contributed by atoms with Crippen LogP contribution in [0, 0.1) is 0 Å². The Morgan fingerprint density at radius 1 is 1.14 bits per heavy atom. The Morgan fingerprint density at radius 3 is 2.67 bits per heavy atom. The standard InChI is InChI=1S/C26H36N8O2/c1-17-21-13-24(29-25-14-22(26(3,4)5)34(31-25)20-7-11-36-16-20)30-33(21)10-9-32(17)15-19-6-8-27-23(12-19)28-18(2)35/h6,8,12-14,17,20H,7,9-11,15-16H2,1-5H3,(H,27,28,35)(H,29,30,31)/t17-,20+/m0/s1. The van der Waals surface area contributed by atoms with Gasteiger partial charge in [0.25, 0.3) is 0 Å². The average molecular weight is 493 g/mol. The lowest BCUT2D eigenvalue weighted by Gasteiger charge is -2.33. The molecule has 0 aliphatic carbocycles. The van der Waals surface area contributed by atoms with Crippen molar-refractivity contribution in [2.75, 3.05) is 30.4 Å². The second kappa shape index (κ2) is 9.67. The molecule has 0 saturated carbocycles. The number of hydrogen-bond acceptors (Lipinski definition) is 7. The van der Waals surface area contributed by atoms with Crippen LogP contribution in [0.2, 0.25) is 0 Å². The molecular formula is C26H36N8O2. The van der Waals surface area contributed by atoms with Crippen molar-refractivity contribution in [1.82, 2.24) is 29.4 Å². The second-order valence-electron chi connectivity index (χ2n) is 10.8. The number of pyridine rings is 1. The fraction of sp³-hybridized carbons (Fsp3) is 0.538. The van der Waals surface area contributed by atoms with Crippen LogP contribution in [-0.2, 0) is 28.0 Å². The Morgan fingerprint density at radius 2 is 1.94 bits per heavy atom. The summed E-state index contributed by atoms with van der Waals surface area (Å²) in [4.78, 5) is 18.0. The number of fused-ring (bicyclic) bond motifs is 1. The molecule has 2 N–H and O–H groups in total. The first-order chi connectivity index (χ1) is 17.2. The molecule has 36 heavy (non-hydrogen) atoms. The zero-order valence-corrected chi connectivity index (χ0v) is 21.8. The summed E-state index contributed by atoms with van der Waals surface area (Å²) >= 11 is 0. The van der Waals surface area contributed by atoms with E-state index in [1.54, 1.807) is 6.20 Å². The first-order valence-electron chi connectivity index (χ1n) is 12.7. The maximum Gasteiger partial charge on any atom is 0.222 e. The normalized spacial score (nSPS) is 20.4. The Bertz CT molecular complexity index is 1240. The number of anilines is 3. The van der Waals surface area contributed by atoms with Gasteiger partial charge >= 0.3 is 0 Å². The van der Waals surface area contributed by atoms with Crippen molar-refractivity contribution >= 4 is 23.4 Å². The fourth-order valence-electron chi connectivity index (χ4n) is 5.02. The first kappa shape index (κ1) is 24.5. The Balaban J connectivity index is 1.32. The molecule has 2 aliphatic heterocycles. The van der Waals surface area contributed by atoms with Gasteiger partial charge in [-0.15, -0.1) is 0 Å². The van der Waals surface area contributed by atoms with Crippen molar-refractivity contribution in [1.29, 1.82) is 0 Å². The molecular weight excluding hydrogens is 456 g/mol. The van der Waals surface area contributed by atoms with Crippen molar-refractivity contribution in [3.8, 4) is 0 Å². The number of carbonyl (C=O) groups is 1. The predicted molar refractivity (Wildman–Crippen MR) is 138 cm³/mol. The summed E-state index contributed by atoms with van der Waals surface area (Å²) in [6, 6.07) is 8.67. The van der Waals surface area contributed by atoms with Gasteiger partial charge in [-0.05, 0) is 31.0 Å². The summed E-state index contributed by atoms with van der Waals surface area (Å²) < 4.78 is 9.85. The maximum atomic E-state index is 11.4. The van der Waals surface area contributed by atoms with Gasteiger partial charge in [0.2, 0.25) is 5.91 Å². The molecule has 1 fully saturated rings. The van der Waals surface area contributed by atoms with E-state index in [2.05, 4.69) is 69.7 Å². The Labute approximate surface area is 212 Å². The molecule has 3 aromatic heterocycles. The van der Waals surface area contributed by atoms with E-state index >= 15 is 0 Å². The lowest BCUT2D eigenvalue weighted by Crippen LogP contribution is -2.36. The molecule has 0 unspecified atom stereocenters. The van der Waals surface area contributed by atoms with Crippen molar-refractivity contribution in [2.45, 2.75) is 71.6 Å². The molecule has 1 saturated heterocycles. The highest BCUT2D eigenvalue weighted by molar-refractivity contribution is 5.87. The van der Waals surface area contributed by atoms with E-state index in [1.165, 1.54) is 18.3 Å². The molecule has 0 aromatic carbocycles. The van der Waals surface area contributed by atoms with Crippen LogP contribution in [0.5, 0.6) is 0 Å². The van der Waals surface area contributed by atoms with Crippen molar-refractivity contribution in [2.24, 2.45) is 0 Å². The summed E-state index contributed by atoms with van der Waals surface area (Å²) in [5.74, 6) is 2.09. The van der Waals surface area contributed by atoms with Crippen LogP contribution in [0.1, 0.15) is 70.1 Å². The minimum atomic E-state index is -0.119. The van der Waals surface area contributed by atoms with Gasteiger partial charge in [0.1, 0.15) is 5.82 Å². The maximum absolute atomic E-state index is 11.4. The van der Waals surface area contributed by atoms with E-state index in [4.69, 9.17) is 14.9 Å². The van der Waals surface area contributed by atoms with Crippen molar-refractivity contribution in [3.63, 3.8) is 0 Å². The minimum absolute atomic E-state index is 0.0231. The van der Waals surface area contributed by atoms with Crippen LogP contribution in [0.25, 0.3) is 0 Å². The van der Waals surface area contributed by atoms with Crippen LogP contribution in [0.4, 0.5) is 17.5 Å². The number of ether oxygens (including phenoxy) is 1. The number of aromatic nitrogens is 5. The smallest absolute Gasteiger partial charge is 0.222 e. The molecule has 2 aliphatic rings. The highest BCUT2D eigenvalue weighted by atomic mass is 16.5. The molecule has 0 spiro atoms. The number of nitrogens with one attached hydrogen (secondary N) is 2. The average Bonchev–Trinajstić information content (AvgIpc) is 3.55. The molecule has 1 amide bonds. The van der Waals surface area contributed by atoms with Gasteiger partial charge in [0, 0.05) is 62.1 Å². The van der Waals surface area contributed by atoms with Crippen LogP contribution >= 0.6 is 0 Å². The summed E-state index contributed by atoms with van der Waals surface area (Å²) in [6.07, 6.45) is 2.73. The molecule has 5 rings (SSSR count). The van der Waals surface area contributed by atoms with Crippen LogP contribution in [-0.4, -0.2) is 55.1 Å². The van der Waals surface area contributed by atoms with E-state index in [-0.39, 0.29) is 23.4 Å². The van der Waals surface area contributed by atoms with E-state index in [9.17, 15) is 4.79 Å². The SMILES string of the molecule is CC(=O)Nc1cc(CN2CCn3nc(Nc4cc(C(C)(C)C)n([C@@H]5CCOC5)n4)cc3[C@@H]2C)ccn1. The number of rotatable bonds is 6. The van der Waals surface area contributed by atoms with Crippen molar-refractivity contribution < 1.29 is 9.53 Å². The highest BCUT2D eigenvalue weighted by Gasteiger charge is 2.29. The first-order valence-corrected chi connectivity index (χ1v) is 12.7. The topological polar surface area (TPSA) is 102 Å². The molecule has 3 aromatic rings. The quantitative estimate of drug-likeness (QED) is 0.536. The van der Waals surface area contributed by atoms with E-state index in [1.807, 2.05) is 12.1 Å². The summed E-state index contributed by atoms with van der Waals surface area (Å²) in [5.41, 5.74) is 3.45. The van der Waals surface area contributed by atoms with Gasteiger partial charge in [-0.2, -0.15) is 10.2 Å². The van der Waals surface area contributed by atoms with Gasteiger partial charge in [-0.25, -0.2) is 4.98 Å². The molecule has 10 heteroatoms. The second-order valence-corrected chi connectivity index (χ2v) is 10.8. The molecule has 0 bridgehead atoms. The van der Waals surface area contributed by atoms with Crippen LogP contribution in [0.15, 0.2) is 30.5 Å². The molecule has 10 nitrogen and oxygen atoms in total. The largest absolute Gasteiger partial charge is 0.379 e. The van der Waals surface area contributed by atoms with Gasteiger partial charge in [0.05, 0.1) is 24.9 Å². The number of hydrogen-bond donors (Lipinski definition) is 2. The predicted octanol–water partition coefficient (Wildman–Crippen LogP) is 4.01. The van der Waals surface area contributed by atoms with Crippen LogP contribution < -0.4 is 10.6 Å². The third-order valence-electron chi connectivity index (χ3n) is 6.91. The molecule has 5 heterocycles. The van der Waals surface area contributed by atoms with E-state index in [0.29, 0.717) is 12.4 Å². The number of carbonyl (C=O) groups excluding carboxylic acids is 1. The number of amides is 1. The fourth-order valence-corrected chi connectivity index (χ4v) is 5.02. The number of nitrogens with zero attached hydrogens (tertiary/aromatic N) is 6. The van der Waals surface area contributed by atoms with Gasteiger partial charge in [0.15, 0.2) is 11.6 Å².